The molecule has 0 unspecified atom stereocenters. The van der Waals surface area contributed by atoms with Crippen molar-refractivity contribution in [1.29, 1.82) is 0 Å². The second-order valence-corrected chi connectivity index (χ2v) is 5.91. The Morgan fingerprint density at radius 2 is 1.94 bits per heavy atom. The fourth-order valence-electron chi connectivity index (χ4n) is 2.62. The molecule has 0 aliphatic heterocycles. The minimum atomic E-state index is 0.388. The van der Waals surface area contributed by atoms with Gasteiger partial charge >= 0.3 is 0 Å². The lowest BCUT2D eigenvalue weighted by Crippen LogP contribution is -2.38. The van der Waals surface area contributed by atoms with Crippen LogP contribution in [-0.4, -0.2) is 26.2 Å². The number of ether oxygens (including phenoxy) is 1. The van der Waals surface area contributed by atoms with Crippen LogP contribution in [0.25, 0.3) is 0 Å². The van der Waals surface area contributed by atoms with Crippen LogP contribution in [0.1, 0.15) is 25.7 Å². The topological polar surface area (TPSA) is 38.5 Å². The molecule has 0 bridgehead atoms. The standard InChI is InChI=1S/C14H21BrN2O/c1-17(12-6-4-11(16)5-7-12)13-9-10(15)3-8-14(13)18-2/h3,8-9,11-12H,4-7,16H2,1-2H3. The van der Waals surface area contributed by atoms with Crippen LogP contribution in [0.5, 0.6) is 5.75 Å². The van der Waals surface area contributed by atoms with Gasteiger partial charge in [0.1, 0.15) is 5.75 Å². The molecule has 0 aromatic heterocycles. The molecule has 100 valence electrons. The van der Waals surface area contributed by atoms with Crippen molar-refractivity contribution in [2.75, 3.05) is 19.1 Å². The lowest BCUT2D eigenvalue weighted by atomic mass is 9.90. The van der Waals surface area contributed by atoms with Gasteiger partial charge < -0.3 is 15.4 Å². The molecule has 1 aliphatic rings. The van der Waals surface area contributed by atoms with Gasteiger partial charge in [-0.1, -0.05) is 15.9 Å². The number of anilines is 1. The number of methoxy groups -OCH3 is 1. The summed E-state index contributed by atoms with van der Waals surface area (Å²) in [7, 11) is 3.86. The molecule has 2 N–H and O–H groups in total. The third-order valence-electron chi connectivity index (χ3n) is 3.81. The van der Waals surface area contributed by atoms with E-state index in [1.807, 2.05) is 12.1 Å². The molecule has 0 saturated heterocycles. The first-order valence-corrected chi connectivity index (χ1v) is 7.23. The van der Waals surface area contributed by atoms with Crippen LogP contribution in [0.4, 0.5) is 5.69 Å². The first-order valence-electron chi connectivity index (χ1n) is 6.43. The number of halogens is 1. The van der Waals surface area contributed by atoms with E-state index in [-0.39, 0.29) is 0 Å². The number of hydrogen-bond acceptors (Lipinski definition) is 3. The van der Waals surface area contributed by atoms with Crippen molar-refractivity contribution in [1.82, 2.24) is 0 Å². The molecule has 0 spiro atoms. The number of nitrogens with two attached hydrogens (primary N) is 1. The highest BCUT2D eigenvalue weighted by molar-refractivity contribution is 9.10. The van der Waals surface area contributed by atoms with Crippen LogP contribution in [0, 0.1) is 0 Å². The van der Waals surface area contributed by atoms with E-state index in [2.05, 4.69) is 33.9 Å². The van der Waals surface area contributed by atoms with Gasteiger partial charge in [-0.25, -0.2) is 0 Å². The molecule has 0 heterocycles. The Labute approximate surface area is 117 Å². The summed E-state index contributed by atoms with van der Waals surface area (Å²) in [4.78, 5) is 2.33. The van der Waals surface area contributed by atoms with E-state index in [1.54, 1.807) is 7.11 Å². The molecule has 2 rings (SSSR count). The monoisotopic (exact) mass is 312 g/mol. The Morgan fingerprint density at radius 1 is 1.28 bits per heavy atom. The summed E-state index contributed by atoms with van der Waals surface area (Å²) in [6.45, 7) is 0. The summed E-state index contributed by atoms with van der Waals surface area (Å²) in [5.74, 6) is 0.926. The SMILES string of the molecule is COc1ccc(Br)cc1N(C)C1CCC(N)CC1. The maximum Gasteiger partial charge on any atom is 0.142 e. The Kier molecular flexibility index (Phi) is 4.51. The summed E-state index contributed by atoms with van der Waals surface area (Å²) >= 11 is 3.53. The summed E-state index contributed by atoms with van der Waals surface area (Å²) in [5, 5.41) is 0. The summed E-state index contributed by atoms with van der Waals surface area (Å²) in [6, 6.07) is 7.08. The first kappa shape index (κ1) is 13.7. The van der Waals surface area contributed by atoms with E-state index in [0.717, 1.165) is 41.6 Å². The van der Waals surface area contributed by atoms with Crippen molar-refractivity contribution >= 4 is 21.6 Å². The highest BCUT2D eigenvalue weighted by Gasteiger charge is 2.23. The number of nitrogens with zero attached hydrogens (tertiary/aromatic N) is 1. The van der Waals surface area contributed by atoms with Crippen LogP contribution in [0.3, 0.4) is 0 Å². The smallest absolute Gasteiger partial charge is 0.142 e. The zero-order valence-electron chi connectivity index (χ0n) is 11.0. The van der Waals surface area contributed by atoms with Gasteiger partial charge in [0.25, 0.3) is 0 Å². The van der Waals surface area contributed by atoms with Gasteiger partial charge in [0.2, 0.25) is 0 Å². The quantitative estimate of drug-likeness (QED) is 0.931. The van der Waals surface area contributed by atoms with Gasteiger partial charge in [0.05, 0.1) is 12.8 Å². The highest BCUT2D eigenvalue weighted by Crippen LogP contribution is 2.34. The molecule has 1 fully saturated rings. The van der Waals surface area contributed by atoms with Gasteiger partial charge in [-0.3, -0.25) is 0 Å². The molecular formula is C14H21BrN2O. The molecule has 4 heteroatoms. The fraction of sp³-hybridized carbons (Fsp3) is 0.571. The van der Waals surface area contributed by atoms with E-state index in [9.17, 15) is 0 Å². The molecular weight excluding hydrogens is 292 g/mol. The van der Waals surface area contributed by atoms with Gasteiger partial charge in [-0.15, -0.1) is 0 Å². The Bertz CT molecular complexity index is 403. The lowest BCUT2D eigenvalue weighted by Gasteiger charge is -2.35. The molecule has 3 nitrogen and oxygen atoms in total. The molecule has 18 heavy (non-hydrogen) atoms. The Balaban J connectivity index is 2.17. The minimum absolute atomic E-state index is 0.388. The van der Waals surface area contributed by atoms with E-state index in [4.69, 9.17) is 10.5 Å². The van der Waals surface area contributed by atoms with Gasteiger partial charge in [0.15, 0.2) is 0 Å². The average Bonchev–Trinajstić information content (AvgIpc) is 2.39. The first-order chi connectivity index (χ1) is 8.61. The minimum Gasteiger partial charge on any atom is -0.495 e. The second kappa shape index (κ2) is 5.93. The largest absolute Gasteiger partial charge is 0.495 e. The summed E-state index contributed by atoms with van der Waals surface area (Å²) < 4.78 is 6.53. The molecule has 0 radical (unpaired) electrons. The van der Waals surface area contributed by atoms with Gasteiger partial charge in [-0.05, 0) is 43.9 Å². The molecule has 1 aromatic rings. The van der Waals surface area contributed by atoms with Crippen molar-refractivity contribution in [2.45, 2.75) is 37.8 Å². The van der Waals surface area contributed by atoms with Crippen molar-refractivity contribution in [3.05, 3.63) is 22.7 Å². The van der Waals surface area contributed by atoms with Crippen molar-refractivity contribution < 1.29 is 4.74 Å². The normalized spacial score (nSPS) is 23.8. The fourth-order valence-corrected chi connectivity index (χ4v) is 2.97. The van der Waals surface area contributed by atoms with Crippen molar-refractivity contribution in [3.63, 3.8) is 0 Å². The number of rotatable bonds is 3. The predicted molar refractivity (Wildman–Crippen MR) is 79.3 cm³/mol. The van der Waals surface area contributed by atoms with Crippen LogP contribution in [0.15, 0.2) is 22.7 Å². The molecule has 1 aromatic carbocycles. The number of benzene rings is 1. The summed E-state index contributed by atoms with van der Waals surface area (Å²) in [5.41, 5.74) is 7.11. The third kappa shape index (κ3) is 2.98. The van der Waals surface area contributed by atoms with E-state index >= 15 is 0 Å². The number of hydrogen-bond donors (Lipinski definition) is 1. The van der Waals surface area contributed by atoms with Crippen molar-refractivity contribution in [3.8, 4) is 5.75 Å². The Hall–Kier alpha value is -0.740. The molecule has 0 amide bonds. The van der Waals surface area contributed by atoms with Crippen LogP contribution >= 0.6 is 15.9 Å². The van der Waals surface area contributed by atoms with Crippen LogP contribution in [0.2, 0.25) is 0 Å². The van der Waals surface area contributed by atoms with Gasteiger partial charge in [0, 0.05) is 23.6 Å². The predicted octanol–water partition coefficient (Wildman–Crippen LogP) is 3.16. The maximum absolute atomic E-state index is 5.97. The van der Waals surface area contributed by atoms with Crippen LogP contribution in [-0.2, 0) is 0 Å². The zero-order valence-corrected chi connectivity index (χ0v) is 12.6. The average molecular weight is 313 g/mol. The molecule has 1 aliphatic carbocycles. The van der Waals surface area contributed by atoms with Gasteiger partial charge in [-0.2, -0.15) is 0 Å². The third-order valence-corrected chi connectivity index (χ3v) is 4.30. The molecule has 1 saturated carbocycles. The zero-order chi connectivity index (χ0) is 13.1. The maximum atomic E-state index is 5.97. The lowest BCUT2D eigenvalue weighted by molar-refractivity contribution is 0.378. The van der Waals surface area contributed by atoms with E-state index in [1.165, 1.54) is 0 Å². The summed E-state index contributed by atoms with van der Waals surface area (Å²) in [6.07, 6.45) is 4.55. The second-order valence-electron chi connectivity index (χ2n) is 5.00. The highest BCUT2D eigenvalue weighted by atomic mass is 79.9. The Morgan fingerprint density at radius 3 is 2.56 bits per heavy atom. The van der Waals surface area contributed by atoms with E-state index < -0.39 is 0 Å². The molecule has 0 atom stereocenters. The van der Waals surface area contributed by atoms with Crippen molar-refractivity contribution in [2.24, 2.45) is 5.73 Å². The van der Waals surface area contributed by atoms with Crippen LogP contribution < -0.4 is 15.4 Å². The van der Waals surface area contributed by atoms with E-state index in [0.29, 0.717) is 12.1 Å².